The Kier molecular flexibility index (Phi) is 7.71. The van der Waals surface area contributed by atoms with Gasteiger partial charge < -0.3 is 15.4 Å². The average molecular weight is 403 g/mol. The zero-order valence-corrected chi connectivity index (χ0v) is 15.9. The molecule has 0 spiro atoms. The number of Topliss-reactive ketones (excluding diaryl/α,β-unsaturated/α-hetero) is 1. The fourth-order valence-corrected chi connectivity index (χ4v) is 2.31. The predicted molar refractivity (Wildman–Crippen MR) is 104 cm³/mol. The minimum atomic E-state index is -0.613. The fourth-order valence-electron chi connectivity index (χ4n) is 2.18. The first kappa shape index (κ1) is 21.1. The first-order valence-electron chi connectivity index (χ1n) is 8.45. The van der Waals surface area contributed by atoms with Gasteiger partial charge in [0.15, 0.2) is 12.4 Å². The van der Waals surface area contributed by atoms with Crippen LogP contribution >= 0.6 is 11.6 Å². The number of hydrogen-bond acceptors (Lipinski definition) is 5. The van der Waals surface area contributed by atoms with Crippen LogP contribution in [0.2, 0.25) is 5.02 Å². The summed E-state index contributed by atoms with van der Waals surface area (Å²) in [4.78, 5) is 46.6. The highest BCUT2D eigenvalue weighted by molar-refractivity contribution is 6.30. The number of halogens is 1. The van der Waals surface area contributed by atoms with Crippen molar-refractivity contribution in [2.45, 2.75) is 13.3 Å². The van der Waals surface area contributed by atoms with Crippen LogP contribution in [0.4, 0.5) is 5.69 Å². The number of carbonyl (C=O) groups excluding carboxylic acids is 4. The van der Waals surface area contributed by atoms with E-state index in [1.54, 1.807) is 48.5 Å². The molecule has 2 rings (SSSR count). The van der Waals surface area contributed by atoms with Gasteiger partial charge in [0.25, 0.3) is 11.8 Å². The van der Waals surface area contributed by atoms with Crippen molar-refractivity contribution in [2.75, 3.05) is 18.5 Å². The monoisotopic (exact) mass is 402 g/mol. The van der Waals surface area contributed by atoms with Crippen LogP contribution < -0.4 is 10.6 Å². The molecule has 0 radical (unpaired) electrons. The summed E-state index contributed by atoms with van der Waals surface area (Å²) in [6.07, 6.45) is -0.0695. The Morgan fingerprint density at radius 1 is 0.929 bits per heavy atom. The van der Waals surface area contributed by atoms with Crippen molar-refractivity contribution < 1.29 is 23.9 Å². The quantitative estimate of drug-likeness (QED) is 0.522. The molecule has 2 aromatic rings. The summed E-state index contributed by atoms with van der Waals surface area (Å²) in [5.74, 6) is -1.53. The Hall–Kier alpha value is -3.19. The van der Waals surface area contributed by atoms with Gasteiger partial charge in [-0.3, -0.25) is 19.2 Å². The van der Waals surface area contributed by atoms with E-state index >= 15 is 0 Å². The summed E-state index contributed by atoms with van der Waals surface area (Å²) in [7, 11) is 0. The van der Waals surface area contributed by atoms with Gasteiger partial charge in [0.05, 0.1) is 6.42 Å². The third kappa shape index (κ3) is 6.85. The molecular formula is C20H19ClN2O5. The number of nitrogens with one attached hydrogen (secondary N) is 2. The van der Waals surface area contributed by atoms with E-state index in [1.165, 1.54) is 6.92 Å². The van der Waals surface area contributed by atoms with Crippen LogP contribution in [0.15, 0.2) is 48.5 Å². The van der Waals surface area contributed by atoms with Crippen molar-refractivity contribution >= 4 is 40.9 Å². The van der Waals surface area contributed by atoms with Crippen molar-refractivity contribution in [1.82, 2.24) is 5.32 Å². The molecule has 2 amide bonds. The number of ketones is 1. The first-order valence-corrected chi connectivity index (χ1v) is 8.83. The molecule has 0 aliphatic carbocycles. The van der Waals surface area contributed by atoms with Crippen molar-refractivity contribution in [3.05, 3.63) is 64.7 Å². The standard InChI is InChI=1S/C20H19ClN2O5/c1-13(24)14-4-8-17(9-5-14)23-18(25)12-28-19(26)10-11-22-20(27)15-2-6-16(21)7-3-15/h2-9H,10-12H2,1H3,(H,22,27)(H,23,25). The van der Waals surface area contributed by atoms with Gasteiger partial charge in [-0.15, -0.1) is 0 Å². The Morgan fingerprint density at radius 3 is 2.14 bits per heavy atom. The number of hydrogen-bond donors (Lipinski definition) is 2. The van der Waals surface area contributed by atoms with Crippen molar-refractivity contribution in [3.63, 3.8) is 0 Å². The predicted octanol–water partition coefficient (Wildman–Crippen LogP) is 2.84. The molecule has 28 heavy (non-hydrogen) atoms. The lowest BCUT2D eigenvalue weighted by atomic mass is 10.1. The largest absolute Gasteiger partial charge is 0.456 e. The number of carbonyl (C=O) groups is 4. The number of ether oxygens (including phenoxy) is 1. The van der Waals surface area contributed by atoms with Gasteiger partial charge in [0.1, 0.15) is 0 Å². The molecule has 0 heterocycles. The van der Waals surface area contributed by atoms with Crippen molar-refractivity contribution in [1.29, 1.82) is 0 Å². The fraction of sp³-hybridized carbons (Fsp3) is 0.200. The highest BCUT2D eigenvalue weighted by atomic mass is 35.5. The van der Waals surface area contributed by atoms with Crippen LogP contribution in [-0.4, -0.2) is 36.7 Å². The van der Waals surface area contributed by atoms with Gasteiger partial charge in [0.2, 0.25) is 0 Å². The van der Waals surface area contributed by atoms with E-state index in [0.717, 1.165) is 0 Å². The summed E-state index contributed by atoms with van der Waals surface area (Å²) < 4.78 is 4.87. The topological polar surface area (TPSA) is 102 Å². The molecule has 2 N–H and O–H groups in total. The Bertz CT molecular complexity index is 863. The second-order valence-electron chi connectivity index (χ2n) is 5.86. The molecule has 0 aliphatic rings. The number of anilines is 1. The molecule has 0 atom stereocenters. The van der Waals surface area contributed by atoms with Crippen LogP contribution in [0.5, 0.6) is 0 Å². The van der Waals surface area contributed by atoms with Crippen molar-refractivity contribution in [2.24, 2.45) is 0 Å². The molecule has 0 saturated heterocycles. The lowest BCUT2D eigenvalue weighted by Crippen LogP contribution is -2.27. The molecule has 146 valence electrons. The van der Waals surface area contributed by atoms with Crippen LogP contribution in [0.25, 0.3) is 0 Å². The smallest absolute Gasteiger partial charge is 0.308 e. The van der Waals surface area contributed by atoms with Crippen molar-refractivity contribution in [3.8, 4) is 0 Å². The number of amides is 2. The van der Waals surface area contributed by atoms with E-state index in [9.17, 15) is 19.2 Å². The Morgan fingerprint density at radius 2 is 1.54 bits per heavy atom. The summed E-state index contributed by atoms with van der Waals surface area (Å²) in [5.41, 5.74) is 1.44. The molecular weight excluding hydrogens is 384 g/mol. The molecule has 0 fully saturated rings. The third-order valence-electron chi connectivity index (χ3n) is 3.66. The zero-order chi connectivity index (χ0) is 20.5. The highest BCUT2D eigenvalue weighted by Crippen LogP contribution is 2.10. The third-order valence-corrected chi connectivity index (χ3v) is 3.91. The van der Waals surface area contributed by atoms with Crippen LogP contribution in [0, 0.1) is 0 Å². The van der Waals surface area contributed by atoms with E-state index in [2.05, 4.69) is 10.6 Å². The maximum Gasteiger partial charge on any atom is 0.308 e. The summed E-state index contributed by atoms with van der Waals surface area (Å²) in [6, 6.07) is 12.7. The van der Waals surface area contributed by atoms with Gasteiger partial charge >= 0.3 is 5.97 Å². The van der Waals surface area contributed by atoms with Crippen LogP contribution in [-0.2, 0) is 14.3 Å². The van der Waals surface area contributed by atoms with Gasteiger partial charge in [-0.05, 0) is 55.5 Å². The Balaban J connectivity index is 1.67. The van der Waals surface area contributed by atoms with E-state index in [-0.39, 0.29) is 24.7 Å². The molecule has 0 aromatic heterocycles. The van der Waals surface area contributed by atoms with E-state index in [0.29, 0.717) is 21.8 Å². The summed E-state index contributed by atoms with van der Waals surface area (Å²) >= 11 is 5.75. The first-order chi connectivity index (χ1) is 13.3. The van der Waals surface area contributed by atoms with Gasteiger partial charge in [-0.2, -0.15) is 0 Å². The maximum atomic E-state index is 11.9. The summed E-state index contributed by atoms with van der Waals surface area (Å²) in [5, 5.41) is 5.66. The van der Waals surface area contributed by atoms with Crippen LogP contribution in [0.3, 0.4) is 0 Å². The van der Waals surface area contributed by atoms with Gasteiger partial charge in [-0.25, -0.2) is 0 Å². The van der Waals surface area contributed by atoms with E-state index in [1.807, 2.05) is 0 Å². The number of esters is 1. The van der Waals surface area contributed by atoms with Gasteiger partial charge in [0, 0.05) is 28.4 Å². The zero-order valence-electron chi connectivity index (χ0n) is 15.2. The van der Waals surface area contributed by atoms with Gasteiger partial charge in [-0.1, -0.05) is 11.6 Å². The second kappa shape index (κ2) is 10.2. The number of benzene rings is 2. The average Bonchev–Trinajstić information content (AvgIpc) is 2.67. The van der Waals surface area contributed by atoms with Crippen LogP contribution in [0.1, 0.15) is 34.1 Å². The Labute approximate surface area is 167 Å². The molecule has 0 bridgehead atoms. The van der Waals surface area contributed by atoms with E-state index < -0.39 is 18.5 Å². The highest BCUT2D eigenvalue weighted by Gasteiger charge is 2.10. The lowest BCUT2D eigenvalue weighted by molar-refractivity contribution is -0.147. The molecule has 7 nitrogen and oxygen atoms in total. The summed E-state index contributed by atoms with van der Waals surface area (Å²) in [6.45, 7) is 1.08. The molecule has 0 aliphatic heterocycles. The SMILES string of the molecule is CC(=O)c1ccc(NC(=O)COC(=O)CCNC(=O)c2ccc(Cl)cc2)cc1. The maximum absolute atomic E-state index is 11.9. The molecule has 0 unspecified atom stereocenters. The normalized spacial score (nSPS) is 10.1. The number of rotatable bonds is 8. The molecule has 2 aromatic carbocycles. The second-order valence-corrected chi connectivity index (χ2v) is 6.29. The van der Waals surface area contributed by atoms with E-state index in [4.69, 9.17) is 16.3 Å². The molecule has 0 saturated carbocycles. The lowest BCUT2D eigenvalue weighted by Gasteiger charge is -2.08. The minimum absolute atomic E-state index is 0.0695. The minimum Gasteiger partial charge on any atom is -0.456 e. The molecule has 8 heteroatoms.